The molecular weight excluding hydrogens is 250 g/mol. The second-order valence-electron chi connectivity index (χ2n) is 4.85. The van der Waals surface area contributed by atoms with Gasteiger partial charge < -0.3 is 9.64 Å². The Morgan fingerprint density at radius 2 is 1.85 bits per heavy atom. The highest BCUT2D eigenvalue weighted by Gasteiger charge is 2.16. The standard InChI is InChI=1S/C17H19NO2/c1-13-9-10-16(20-3)15(11-13)17(19)18(2)12-14-7-5-4-6-8-14/h4-11H,12H2,1-3H3. The van der Waals surface area contributed by atoms with Gasteiger partial charge in [0.25, 0.3) is 5.91 Å². The molecule has 0 spiro atoms. The van der Waals surface area contributed by atoms with E-state index in [2.05, 4.69) is 0 Å². The number of carbonyl (C=O) groups excluding carboxylic acids is 1. The van der Waals surface area contributed by atoms with E-state index >= 15 is 0 Å². The Labute approximate surface area is 119 Å². The van der Waals surface area contributed by atoms with Crippen LogP contribution in [0.5, 0.6) is 5.75 Å². The minimum atomic E-state index is -0.0330. The Balaban J connectivity index is 2.20. The number of hydrogen-bond donors (Lipinski definition) is 0. The summed E-state index contributed by atoms with van der Waals surface area (Å²) in [5.41, 5.74) is 2.75. The second-order valence-corrected chi connectivity index (χ2v) is 4.85. The lowest BCUT2D eigenvalue weighted by Crippen LogP contribution is -2.26. The molecule has 0 unspecified atom stereocenters. The molecule has 0 saturated carbocycles. The zero-order valence-corrected chi connectivity index (χ0v) is 12.1. The summed E-state index contributed by atoms with van der Waals surface area (Å²) in [5.74, 6) is 0.579. The lowest BCUT2D eigenvalue weighted by Gasteiger charge is -2.19. The molecule has 0 saturated heterocycles. The van der Waals surface area contributed by atoms with E-state index in [0.717, 1.165) is 11.1 Å². The van der Waals surface area contributed by atoms with Crippen molar-refractivity contribution in [2.24, 2.45) is 0 Å². The lowest BCUT2D eigenvalue weighted by molar-refractivity contribution is 0.0781. The number of rotatable bonds is 4. The smallest absolute Gasteiger partial charge is 0.257 e. The molecule has 2 rings (SSSR count). The highest BCUT2D eigenvalue weighted by atomic mass is 16.5. The van der Waals surface area contributed by atoms with Gasteiger partial charge in [0, 0.05) is 13.6 Å². The summed E-state index contributed by atoms with van der Waals surface area (Å²) < 4.78 is 5.27. The molecule has 1 amide bonds. The normalized spacial score (nSPS) is 10.2. The number of benzene rings is 2. The molecule has 0 aliphatic heterocycles. The molecule has 0 aliphatic rings. The van der Waals surface area contributed by atoms with Crippen LogP contribution in [0.3, 0.4) is 0 Å². The molecule has 3 nitrogen and oxygen atoms in total. The van der Waals surface area contributed by atoms with E-state index in [4.69, 9.17) is 4.74 Å². The van der Waals surface area contributed by atoms with E-state index in [9.17, 15) is 4.79 Å². The van der Waals surface area contributed by atoms with E-state index in [1.54, 1.807) is 19.1 Å². The summed E-state index contributed by atoms with van der Waals surface area (Å²) in [6.45, 7) is 2.55. The van der Waals surface area contributed by atoms with Crippen molar-refractivity contribution in [2.45, 2.75) is 13.5 Å². The van der Waals surface area contributed by atoms with Crippen molar-refractivity contribution in [3.8, 4) is 5.75 Å². The quantitative estimate of drug-likeness (QED) is 0.852. The van der Waals surface area contributed by atoms with Gasteiger partial charge in [-0.25, -0.2) is 0 Å². The van der Waals surface area contributed by atoms with Gasteiger partial charge in [0.15, 0.2) is 0 Å². The number of aryl methyl sites for hydroxylation is 1. The van der Waals surface area contributed by atoms with Crippen LogP contribution in [0.15, 0.2) is 48.5 Å². The van der Waals surface area contributed by atoms with Crippen LogP contribution in [0.2, 0.25) is 0 Å². The predicted molar refractivity (Wildman–Crippen MR) is 80.0 cm³/mol. The zero-order valence-electron chi connectivity index (χ0n) is 12.1. The molecule has 0 aliphatic carbocycles. The molecule has 3 heteroatoms. The van der Waals surface area contributed by atoms with Crippen molar-refractivity contribution in [3.05, 3.63) is 65.2 Å². The molecule has 0 aromatic heterocycles. The minimum Gasteiger partial charge on any atom is -0.496 e. The number of hydrogen-bond acceptors (Lipinski definition) is 2. The Kier molecular flexibility index (Phi) is 4.41. The van der Waals surface area contributed by atoms with Crippen LogP contribution >= 0.6 is 0 Å². The maximum absolute atomic E-state index is 12.5. The first-order chi connectivity index (χ1) is 9.61. The van der Waals surface area contributed by atoms with Crippen LogP contribution < -0.4 is 4.74 Å². The van der Waals surface area contributed by atoms with E-state index in [1.165, 1.54) is 0 Å². The monoisotopic (exact) mass is 269 g/mol. The number of nitrogens with zero attached hydrogens (tertiary/aromatic N) is 1. The summed E-state index contributed by atoms with van der Waals surface area (Å²) in [7, 11) is 3.38. The Morgan fingerprint density at radius 1 is 1.15 bits per heavy atom. The van der Waals surface area contributed by atoms with Crippen molar-refractivity contribution >= 4 is 5.91 Å². The third-order valence-electron chi connectivity index (χ3n) is 3.19. The molecular formula is C17H19NO2. The SMILES string of the molecule is COc1ccc(C)cc1C(=O)N(C)Cc1ccccc1. The first kappa shape index (κ1) is 14.1. The predicted octanol–water partition coefficient (Wildman–Crippen LogP) is 3.28. The van der Waals surface area contributed by atoms with Crippen LogP contribution in [0.4, 0.5) is 0 Å². The van der Waals surface area contributed by atoms with Gasteiger partial charge in [-0.2, -0.15) is 0 Å². The summed E-state index contributed by atoms with van der Waals surface area (Å²) in [4.78, 5) is 14.2. The number of methoxy groups -OCH3 is 1. The van der Waals surface area contributed by atoms with Crippen molar-refractivity contribution in [1.29, 1.82) is 0 Å². The topological polar surface area (TPSA) is 29.5 Å². The van der Waals surface area contributed by atoms with Gasteiger partial charge in [-0.05, 0) is 24.6 Å². The Morgan fingerprint density at radius 3 is 2.50 bits per heavy atom. The van der Waals surface area contributed by atoms with Crippen molar-refractivity contribution in [1.82, 2.24) is 4.90 Å². The Hall–Kier alpha value is -2.29. The van der Waals surface area contributed by atoms with Crippen LogP contribution in [0, 0.1) is 6.92 Å². The average Bonchev–Trinajstić information content (AvgIpc) is 2.47. The van der Waals surface area contributed by atoms with Crippen molar-refractivity contribution in [3.63, 3.8) is 0 Å². The third kappa shape index (κ3) is 3.18. The number of amides is 1. The molecule has 104 valence electrons. The second kappa shape index (κ2) is 6.24. The van der Waals surface area contributed by atoms with Crippen molar-refractivity contribution in [2.75, 3.05) is 14.2 Å². The minimum absolute atomic E-state index is 0.0330. The fourth-order valence-corrected chi connectivity index (χ4v) is 2.12. The van der Waals surface area contributed by atoms with E-state index in [-0.39, 0.29) is 5.91 Å². The largest absolute Gasteiger partial charge is 0.496 e. The molecule has 0 N–H and O–H groups in total. The molecule has 0 bridgehead atoms. The average molecular weight is 269 g/mol. The zero-order chi connectivity index (χ0) is 14.5. The highest BCUT2D eigenvalue weighted by molar-refractivity contribution is 5.97. The molecule has 2 aromatic carbocycles. The van der Waals surface area contributed by atoms with E-state index in [0.29, 0.717) is 17.9 Å². The first-order valence-corrected chi connectivity index (χ1v) is 6.56. The molecule has 0 heterocycles. The van der Waals surface area contributed by atoms with Gasteiger partial charge in [0.05, 0.1) is 12.7 Å². The summed E-state index contributed by atoms with van der Waals surface area (Å²) >= 11 is 0. The summed E-state index contributed by atoms with van der Waals surface area (Å²) in [5, 5.41) is 0. The van der Waals surface area contributed by atoms with Crippen LogP contribution in [-0.2, 0) is 6.54 Å². The summed E-state index contributed by atoms with van der Waals surface area (Å²) in [6.07, 6.45) is 0. The molecule has 20 heavy (non-hydrogen) atoms. The number of carbonyl (C=O) groups is 1. The van der Waals surface area contributed by atoms with Crippen LogP contribution in [0.25, 0.3) is 0 Å². The maximum atomic E-state index is 12.5. The van der Waals surface area contributed by atoms with Gasteiger partial charge >= 0.3 is 0 Å². The van der Waals surface area contributed by atoms with Crippen LogP contribution in [0.1, 0.15) is 21.5 Å². The lowest BCUT2D eigenvalue weighted by atomic mass is 10.1. The Bertz CT molecular complexity index is 593. The first-order valence-electron chi connectivity index (χ1n) is 6.56. The number of ether oxygens (including phenoxy) is 1. The fourth-order valence-electron chi connectivity index (χ4n) is 2.12. The fraction of sp³-hybridized carbons (Fsp3) is 0.235. The van der Waals surface area contributed by atoms with Gasteiger partial charge in [-0.15, -0.1) is 0 Å². The highest BCUT2D eigenvalue weighted by Crippen LogP contribution is 2.21. The van der Waals surface area contributed by atoms with E-state index in [1.807, 2.05) is 55.5 Å². The maximum Gasteiger partial charge on any atom is 0.257 e. The van der Waals surface area contributed by atoms with Crippen molar-refractivity contribution < 1.29 is 9.53 Å². The molecule has 0 fully saturated rings. The third-order valence-corrected chi connectivity index (χ3v) is 3.19. The van der Waals surface area contributed by atoms with Crippen LogP contribution in [-0.4, -0.2) is 25.0 Å². The van der Waals surface area contributed by atoms with Gasteiger partial charge in [0.1, 0.15) is 5.75 Å². The van der Waals surface area contributed by atoms with Gasteiger partial charge in [-0.3, -0.25) is 4.79 Å². The van der Waals surface area contributed by atoms with Gasteiger partial charge in [-0.1, -0.05) is 42.0 Å². The summed E-state index contributed by atoms with van der Waals surface area (Å²) in [6, 6.07) is 15.6. The molecule has 0 atom stereocenters. The van der Waals surface area contributed by atoms with Gasteiger partial charge in [0.2, 0.25) is 0 Å². The van der Waals surface area contributed by atoms with E-state index < -0.39 is 0 Å². The molecule has 2 aromatic rings. The molecule has 0 radical (unpaired) electrons.